The zero-order valence-electron chi connectivity index (χ0n) is 33.9. The lowest BCUT2D eigenvalue weighted by Gasteiger charge is -2.26. The molecule has 0 aliphatic carbocycles. The fraction of sp³-hybridized carbons (Fsp3) is 0.179. The van der Waals surface area contributed by atoms with E-state index < -0.39 is 0 Å². The van der Waals surface area contributed by atoms with Gasteiger partial charge in [-0.1, -0.05) is 186 Å². The van der Waals surface area contributed by atoms with E-state index in [4.69, 9.17) is 0 Å². The van der Waals surface area contributed by atoms with E-state index in [9.17, 15) is 0 Å². The summed E-state index contributed by atoms with van der Waals surface area (Å²) in [4.78, 5) is 0. The third-order valence-electron chi connectivity index (χ3n) is 12.5. The molecule has 0 aromatic heterocycles. The van der Waals surface area contributed by atoms with E-state index in [0.29, 0.717) is 0 Å². The Balaban J connectivity index is 1.44. The van der Waals surface area contributed by atoms with Gasteiger partial charge in [0.2, 0.25) is 0 Å². The largest absolute Gasteiger partial charge is 0.0610 e. The Morgan fingerprint density at radius 3 is 0.964 bits per heavy atom. The second-order valence-corrected chi connectivity index (χ2v) is 18.3. The number of hydrogen-bond donors (Lipinski definition) is 0. The number of hydrogen-bond acceptors (Lipinski definition) is 0. The van der Waals surface area contributed by atoms with E-state index in [-0.39, 0.29) is 10.8 Å². The highest BCUT2D eigenvalue weighted by Gasteiger charge is 2.27. The summed E-state index contributed by atoms with van der Waals surface area (Å²) in [5.74, 6) is 0. The Hall–Kier alpha value is -5.98. The molecule has 0 heteroatoms. The first kappa shape index (κ1) is 34.5. The lowest BCUT2D eigenvalue weighted by atomic mass is 9.76. The molecule has 0 spiro atoms. The van der Waals surface area contributed by atoms with Crippen molar-refractivity contribution < 1.29 is 0 Å². The van der Waals surface area contributed by atoms with Crippen molar-refractivity contribution in [3.63, 3.8) is 0 Å². The van der Waals surface area contributed by atoms with Crippen molar-refractivity contribution in [3.8, 4) is 44.5 Å². The molecule has 0 saturated carbocycles. The van der Waals surface area contributed by atoms with Gasteiger partial charge in [-0.15, -0.1) is 0 Å². The predicted octanol–water partition coefficient (Wildman–Crippen LogP) is 16.2. The van der Waals surface area contributed by atoms with Gasteiger partial charge >= 0.3 is 0 Å². The van der Waals surface area contributed by atoms with E-state index >= 15 is 0 Å². The summed E-state index contributed by atoms with van der Waals surface area (Å²) >= 11 is 0. The molecule has 0 saturated heterocycles. The summed E-state index contributed by atoms with van der Waals surface area (Å²) in [7, 11) is 0. The molecule has 10 rings (SSSR count). The molecule has 0 unspecified atom stereocenters. The van der Waals surface area contributed by atoms with Crippen LogP contribution in [0.25, 0.3) is 98.4 Å². The Morgan fingerprint density at radius 1 is 0.304 bits per heavy atom. The van der Waals surface area contributed by atoms with Crippen LogP contribution >= 0.6 is 0 Å². The molecule has 0 fully saturated rings. The van der Waals surface area contributed by atoms with Crippen molar-refractivity contribution in [1.29, 1.82) is 0 Å². The molecule has 0 N–H and O–H groups in total. The van der Waals surface area contributed by atoms with Crippen LogP contribution in [-0.2, 0) is 10.8 Å². The van der Waals surface area contributed by atoms with Crippen molar-refractivity contribution in [2.75, 3.05) is 0 Å². The predicted molar refractivity (Wildman–Crippen MR) is 245 cm³/mol. The van der Waals surface area contributed by atoms with Crippen LogP contribution in [0.2, 0.25) is 0 Å². The van der Waals surface area contributed by atoms with E-state index in [2.05, 4.69) is 201 Å². The fourth-order valence-corrected chi connectivity index (χ4v) is 9.41. The lowest BCUT2D eigenvalue weighted by Crippen LogP contribution is -2.10. The average molecular weight is 721 g/mol. The van der Waals surface area contributed by atoms with Crippen LogP contribution < -0.4 is 0 Å². The maximum Gasteiger partial charge on any atom is -0.000696 e. The van der Waals surface area contributed by atoms with E-state index in [1.165, 1.54) is 121 Å². The summed E-state index contributed by atoms with van der Waals surface area (Å²) in [5, 5.41) is 13.3. The zero-order valence-corrected chi connectivity index (χ0v) is 33.9. The minimum absolute atomic E-state index is 0.0843. The van der Waals surface area contributed by atoms with E-state index in [0.717, 1.165) is 0 Å². The van der Waals surface area contributed by atoms with Crippen LogP contribution in [0.4, 0.5) is 0 Å². The topological polar surface area (TPSA) is 0 Å². The molecule has 0 amide bonds. The molecule has 0 bridgehead atoms. The summed E-state index contributed by atoms with van der Waals surface area (Å²) in [6, 6.07) is 56.2. The van der Waals surface area contributed by atoms with Gasteiger partial charge in [-0.05, 0) is 146 Å². The molecule has 0 radical (unpaired) electrons. The SMILES string of the molecule is Cc1ccc(-c2c3cccc4c(-c5ccc(C(C)(C)C)cc5)cc5c(-c6ccc(C)cc6)c6cccc7c(-c8ccc(C(C)(C)C)cc8)cc2c(c76)c5c43)cc1. The van der Waals surface area contributed by atoms with Gasteiger partial charge in [0.05, 0.1) is 0 Å². The highest BCUT2D eigenvalue weighted by molar-refractivity contribution is 6.44. The van der Waals surface area contributed by atoms with Crippen molar-refractivity contribution >= 4 is 53.9 Å². The highest BCUT2D eigenvalue weighted by Crippen LogP contribution is 2.55. The van der Waals surface area contributed by atoms with E-state index in [1.807, 2.05) is 0 Å². The van der Waals surface area contributed by atoms with Crippen molar-refractivity contribution in [2.45, 2.75) is 66.2 Å². The minimum atomic E-state index is 0.0843. The quantitative estimate of drug-likeness (QED) is 0.125. The molecule has 0 aliphatic rings. The molecule has 0 aliphatic heterocycles. The van der Waals surface area contributed by atoms with Crippen LogP contribution in [-0.4, -0.2) is 0 Å². The molecule has 56 heavy (non-hydrogen) atoms. The van der Waals surface area contributed by atoms with Gasteiger partial charge in [-0.2, -0.15) is 0 Å². The maximum absolute atomic E-state index is 2.52. The first-order valence-corrected chi connectivity index (χ1v) is 20.2. The third kappa shape index (κ3) is 5.26. The van der Waals surface area contributed by atoms with Gasteiger partial charge in [-0.3, -0.25) is 0 Å². The van der Waals surface area contributed by atoms with Crippen LogP contribution in [0, 0.1) is 13.8 Å². The summed E-state index contributed by atoms with van der Waals surface area (Å²) < 4.78 is 0. The number of benzene rings is 10. The fourth-order valence-electron chi connectivity index (χ4n) is 9.41. The van der Waals surface area contributed by atoms with Crippen LogP contribution in [0.3, 0.4) is 0 Å². The Morgan fingerprint density at radius 2 is 0.625 bits per heavy atom. The first-order valence-electron chi connectivity index (χ1n) is 20.2. The van der Waals surface area contributed by atoms with Crippen molar-refractivity contribution in [3.05, 3.63) is 168 Å². The molecule has 10 aromatic rings. The van der Waals surface area contributed by atoms with Gasteiger partial charge in [-0.25, -0.2) is 0 Å². The monoisotopic (exact) mass is 720 g/mol. The van der Waals surface area contributed by atoms with Gasteiger partial charge in [0.15, 0.2) is 0 Å². The van der Waals surface area contributed by atoms with Crippen molar-refractivity contribution in [1.82, 2.24) is 0 Å². The third-order valence-corrected chi connectivity index (χ3v) is 12.5. The Labute approximate surface area is 331 Å². The Kier molecular flexibility index (Phi) is 7.55. The normalized spacial score (nSPS) is 12.6. The molecule has 272 valence electrons. The van der Waals surface area contributed by atoms with Crippen LogP contribution in [0.5, 0.6) is 0 Å². The molecular weight excluding hydrogens is 673 g/mol. The summed E-state index contributed by atoms with van der Waals surface area (Å²) in [6.07, 6.45) is 0. The van der Waals surface area contributed by atoms with E-state index in [1.54, 1.807) is 0 Å². The molecule has 0 heterocycles. The first-order chi connectivity index (χ1) is 26.9. The van der Waals surface area contributed by atoms with Gasteiger partial charge in [0.1, 0.15) is 0 Å². The van der Waals surface area contributed by atoms with Gasteiger partial charge < -0.3 is 0 Å². The zero-order chi connectivity index (χ0) is 38.7. The highest BCUT2D eigenvalue weighted by atomic mass is 14.3. The van der Waals surface area contributed by atoms with Crippen LogP contribution in [0.15, 0.2) is 146 Å². The maximum atomic E-state index is 2.52. The number of aryl methyl sites for hydroxylation is 2. The summed E-state index contributed by atoms with van der Waals surface area (Å²) in [5.41, 5.74) is 15.6. The standard InChI is InChI=1S/C56H48/c1-33-15-19-37(20-16-33)49-43-13-9-11-41-46(36-25-29-40(30-26-36)56(6,7)8)32-48-50(38-21-17-34(2)18-22-38)44-14-10-12-42-45(35-23-27-39(28-24-35)55(3,4)5)31-47(49)53(52(42)44)54(48)51(41)43/h9-32H,1-8H3. The second-order valence-electron chi connectivity index (χ2n) is 18.3. The van der Waals surface area contributed by atoms with Crippen molar-refractivity contribution in [2.24, 2.45) is 0 Å². The average Bonchev–Trinajstić information content (AvgIpc) is 3.19. The van der Waals surface area contributed by atoms with Gasteiger partial charge in [0.25, 0.3) is 0 Å². The molecule has 0 nitrogen and oxygen atoms in total. The number of rotatable bonds is 4. The Bertz CT molecular complexity index is 2870. The molecule has 0 atom stereocenters. The molecule has 10 aromatic carbocycles. The van der Waals surface area contributed by atoms with Crippen LogP contribution in [0.1, 0.15) is 63.8 Å². The van der Waals surface area contributed by atoms with Gasteiger partial charge in [0, 0.05) is 0 Å². The summed E-state index contributed by atoms with van der Waals surface area (Å²) in [6.45, 7) is 18.1. The second kappa shape index (κ2) is 12.3. The molecular formula is C56H48. The smallest absolute Gasteiger partial charge is 0.000696 e. The minimum Gasteiger partial charge on any atom is -0.0610 e. The lowest BCUT2D eigenvalue weighted by molar-refractivity contribution is 0.590.